The molecule has 0 amide bonds. The molecule has 0 aliphatic rings. The van der Waals surface area contributed by atoms with Crippen molar-refractivity contribution in [2.75, 3.05) is 19.5 Å². The topological polar surface area (TPSA) is 53.1 Å². The molecule has 1 heterocycles. The Morgan fingerprint density at radius 3 is 2.89 bits per heavy atom. The first-order valence-corrected chi connectivity index (χ1v) is 6.21. The number of ether oxygens (including phenoxy) is 1. The molecular formula is C14H21N3O. The predicted molar refractivity (Wildman–Crippen MR) is 74.4 cm³/mol. The number of methoxy groups -OCH3 is 1. The second-order valence-electron chi connectivity index (χ2n) is 5.53. The number of rotatable bonds is 5. The highest BCUT2D eigenvalue weighted by Gasteiger charge is 2.19. The molecule has 0 aliphatic carbocycles. The Hall–Kier alpha value is -1.55. The zero-order chi connectivity index (χ0) is 13.2. The maximum Gasteiger partial charge on any atom is 0.0958 e. The minimum atomic E-state index is 0.186. The first-order valence-electron chi connectivity index (χ1n) is 6.21. The summed E-state index contributed by atoms with van der Waals surface area (Å²) >= 11 is 0. The van der Waals surface area contributed by atoms with Crippen molar-refractivity contribution in [1.82, 2.24) is 9.55 Å². The van der Waals surface area contributed by atoms with Gasteiger partial charge in [0, 0.05) is 25.9 Å². The van der Waals surface area contributed by atoms with Crippen LogP contribution in [-0.2, 0) is 11.3 Å². The fourth-order valence-electron chi connectivity index (χ4n) is 2.13. The van der Waals surface area contributed by atoms with Gasteiger partial charge in [-0.25, -0.2) is 4.98 Å². The molecule has 2 rings (SSSR count). The van der Waals surface area contributed by atoms with E-state index in [9.17, 15) is 0 Å². The summed E-state index contributed by atoms with van der Waals surface area (Å²) < 4.78 is 7.34. The van der Waals surface area contributed by atoms with Crippen LogP contribution < -0.4 is 5.73 Å². The molecule has 0 aliphatic heterocycles. The second kappa shape index (κ2) is 4.98. The first kappa shape index (κ1) is 12.9. The van der Waals surface area contributed by atoms with Gasteiger partial charge in [0.2, 0.25) is 0 Å². The molecule has 2 N–H and O–H groups in total. The standard InChI is InChI=1S/C14H21N3O/c1-14(2,6-7-18-3)9-17-10-16-12-8-11(15)4-5-13(12)17/h4-5,8,10H,6-7,9,15H2,1-3H3. The third kappa shape index (κ3) is 2.82. The molecule has 0 spiro atoms. The molecule has 2 aromatic rings. The minimum absolute atomic E-state index is 0.186. The Balaban J connectivity index is 2.21. The lowest BCUT2D eigenvalue weighted by Gasteiger charge is -2.25. The fourth-order valence-corrected chi connectivity index (χ4v) is 2.13. The normalized spacial score (nSPS) is 12.2. The van der Waals surface area contributed by atoms with Crippen LogP contribution >= 0.6 is 0 Å². The van der Waals surface area contributed by atoms with Crippen LogP contribution in [0.15, 0.2) is 24.5 Å². The number of fused-ring (bicyclic) bond motifs is 1. The third-order valence-corrected chi connectivity index (χ3v) is 3.23. The van der Waals surface area contributed by atoms with E-state index >= 15 is 0 Å². The smallest absolute Gasteiger partial charge is 0.0958 e. The van der Waals surface area contributed by atoms with E-state index in [-0.39, 0.29) is 5.41 Å². The quantitative estimate of drug-likeness (QED) is 0.826. The molecule has 0 bridgehead atoms. The van der Waals surface area contributed by atoms with Crippen molar-refractivity contribution >= 4 is 16.7 Å². The molecule has 98 valence electrons. The third-order valence-electron chi connectivity index (χ3n) is 3.23. The first-order chi connectivity index (χ1) is 8.52. The molecule has 0 unspecified atom stereocenters. The van der Waals surface area contributed by atoms with E-state index in [0.29, 0.717) is 0 Å². The highest BCUT2D eigenvalue weighted by molar-refractivity contribution is 5.78. The van der Waals surface area contributed by atoms with Gasteiger partial charge in [-0.15, -0.1) is 0 Å². The average molecular weight is 247 g/mol. The zero-order valence-corrected chi connectivity index (χ0v) is 11.3. The van der Waals surface area contributed by atoms with E-state index in [1.807, 2.05) is 24.5 Å². The summed E-state index contributed by atoms with van der Waals surface area (Å²) in [6, 6.07) is 5.86. The molecule has 0 radical (unpaired) electrons. The number of nitrogen functional groups attached to an aromatic ring is 1. The molecule has 0 atom stereocenters. The van der Waals surface area contributed by atoms with Gasteiger partial charge in [0.05, 0.1) is 17.4 Å². The van der Waals surface area contributed by atoms with E-state index in [2.05, 4.69) is 23.4 Å². The molecule has 4 heteroatoms. The van der Waals surface area contributed by atoms with Crippen molar-refractivity contribution in [2.45, 2.75) is 26.8 Å². The maximum atomic E-state index is 5.76. The molecule has 4 nitrogen and oxygen atoms in total. The summed E-state index contributed by atoms with van der Waals surface area (Å²) in [6.07, 6.45) is 2.91. The number of imidazole rings is 1. The van der Waals surface area contributed by atoms with Gasteiger partial charge in [0.1, 0.15) is 0 Å². The highest BCUT2D eigenvalue weighted by Crippen LogP contribution is 2.25. The average Bonchev–Trinajstić information content (AvgIpc) is 2.68. The van der Waals surface area contributed by atoms with Gasteiger partial charge in [-0.2, -0.15) is 0 Å². The monoisotopic (exact) mass is 247 g/mol. The van der Waals surface area contributed by atoms with Gasteiger partial charge in [-0.05, 0) is 30.0 Å². The van der Waals surface area contributed by atoms with Gasteiger partial charge in [0.15, 0.2) is 0 Å². The van der Waals surface area contributed by atoms with Crippen LogP contribution in [-0.4, -0.2) is 23.3 Å². The number of nitrogens with two attached hydrogens (primary N) is 1. The molecule has 0 saturated heterocycles. The Kier molecular flexibility index (Phi) is 3.57. The minimum Gasteiger partial charge on any atom is -0.399 e. The number of hydrogen-bond donors (Lipinski definition) is 1. The lowest BCUT2D eigenvalue weighted by Crippen LogP contribution is -2.21. The van der Waals surface area contributed by atoms with Crippen LogP contribution in [0.3, 0.4) is 0 Å². The van der Waals surface area contributed by atoms with Crippen LogP contribution in [0.5, 0.6) is 0 Å². The Labute approximate surface area is 108 Å². The maximum absolute atomic E-state index is 5.76. The lowest BCUT2D eigenvalue weighted by atomic mass is 9.89. The van der Waals surface area contributed by atoms with Crippen LogP contribution in [0.1, 0.15) is 20.3 Å². The van der Waals surface area contributed by atoms with Gasteiger partial charge in [-0.1, -0.05) is 13.8 Å². The summed E-state index contributed by atoms with van der Waals surface area (Å²) in [5.41, 5.74) is 8.79. The van der Waals surface area contributed by atoms with Gasteiger partial charge in [0.25, 0.3) is 0 Å². The predicted octanol–water partition coefficient (Wildman–Crippen LogP) is 2.68. The zero-order valence-electron chi connectivity index (χ0n) is 11.3. The van der Waals surface area contributed by atoms with E-state index in [1.165, 1.54) is 0 Å². The molecule has 0 fully saturated rings. The number of benzene rings is 1. The Morgan fingerprint density at radius 2 is 2.17 bits per heavy atom. The van der Waals surface area contributed by atoms with Crippen molar-refractivity contribution in [2.24, 2.45) is 5.41 Å². The second-order valence-corrected chi connectivity index (χ2v) is 5.53. The number of aromatic nitrogens is 2. The number of hydrogen-bond acceptors (Lipinski definition) is 3. The van der Waals surface area contributed by atoms with E-state index in [1.54, 1.807) is 7.11 Å². The van der Waals surface area contributed by atoms with E-state index < -0.39 is 0 Å². The number of anilines is 1. The summed E-state index contributed by atoms with van der Waals surface area (Å²) in [5, 5.41) is 0. The molecule has 1 aromatic carbocycles. The summed E-state index contributed by atoms with van der Waals surface area (Å²) in [5.74, 6) is 0. The van der Waals surface area contributed by atoms with Crippen molar-refractivity contribution in [3.8, 4) is 0 Å². The SMILES string of the molecule is COCCC(C)(C)Cn1cnc2cc(N)ccc21. The van der Waals surface area contributed by atoms with Gasteiger partial charge in [-0.3, -0.25) is 0 Å². The van der Waals surface area contributed by atoms with Crippen LogP contribution in [0.2, 0.25) is 0 Å². The molecule has 0 saturated carbocycles. The van der Waals surface area contributed by atoms with Crippen LogP contribution in [0.4, 0.5) is 5.69 Å². The van der Waals surface area contributed by atoms with Crippen LogP contribution in [0.25, 0.3) is 11.0 Å². The van der Waals surface area contributed by atoms with E-state index in [0.717, 1.165) is 36.3 Å². The summed E-state index contributed by atoms with van der Waals surface area (Å²) in [7, 11) is 1.74. The van der Waals surface area contributed by atoms with Gasteiger partial charge >= 0.3 is 0 Å². The van der Waals surface area contributed by atoms with Crippen molar-refractivity contribution < 1.29 is 4.74 Å². The Bertz CT molecular complexity index is 531. The number of nitrogens with zero attached hydrogens (tertiary/aromatic N) is 2. The lowest BCUT2D eigenvalue weighted by molar-refractivity contribution is 0.143. The van der Waals surface area contributed by atoms with E-state index in [4.69, 9.17) is 10.5 Å². The summed E-state index contributed by atoms with van der Waals surface area (Å²) in [6.45, 7) is 6.20. The molecule has 1 aromatic heterocycles. The Morgan fingerprint density at radius 1 is 1.39 bits per heavy atom. The fraction of sp³-hybridized carbons (Fsp3) is 0.500. The van der Waals surface area contributed by atoms with Crippen molar-refractivity contribution in [1.29, 1.82) is 0 Å². The molecule has 18 heavy (non-hydrogen) atoms. The summed E-state index contributed by atoms with van der Waals surface area (Å²) in [4.78, 5) is 4.40. The van der Waals surface area contributed by atoms with Crippen molar-refractivity contribution in [3.63, 3.8) is 0 Å². The van der Waals surface area contributed by atoms with Gasteiger partial charge < -0.3 is 15.0 Å². The highest BCUT2D eigenvalue weighted by atomic mass is 16.5. The van der Waals surface area contributed by atoms with Crippen molar-refractivity contribution in [3.05, 3.63) is 24.5 Å². The largest absolute Gasteiger partial charge is 0.399 e. The van der Waals surface area contributed by atoms with Crippen LogP contribution in [0, 0.1) is 5.41 Å². The molecular weight excluding hydrogens is 226 g/mol.